The van der Waals surface area contributed by atoms with Gasteiger partial charge in [0.1, 0.15) is 12.7 Å². The first-order valence-corrected chi connectivity index (χ1v) is 23.5. The van der Waals surface area contributed by atoms with Crippen molar-refractivity contribution >= 4 is 17.9 Å². The maximum atomic E-state index is 12.9. The Morgan fingerprint density at radius 2 is 0.965 bits per heavy atom. The average Bonchev–Trinajstić information content (AvgIpc) is 3.18. The Bertz CT molecular complexity index is 1030. The fourth-order valence-corrected chi connectivity index (χ4v) is 7.08. The SMILES string of the molecule is CCCCC/C=C/C/C=C/CCCCCCCCC(CCCCCCCC/C=C/C/C=C/CCCCC)(CCC(=O)OCC(C)OC(=O)CCCN(C)C)C(=O)O. The van der Waals surface area contributed by atoms with E-state index in [9.17, 15) is 19.5 Å². The summed E-state index contributed by atoms with van der Waals surface area (Å²) >= 11 is 0. The first-order chi connectivity index (χ1) is 27.7. The molecule has 1 unspecified atom stereocenters. The summed E-state index contributed by atoms with van der Waals surface area (Å²) in [5, 5.41) is 10.6. The molecule has 1 N–H and O–H groups in total. The lowest BCUT2D eigenvalue weighted by molar-refractivity contribution is -0.159. The van der Waals surface area contributed by atoms with Crippen molar-refractivity contribution in [2.45, 2.75) is 219 Å². The minimum Gasteiger partial charge on any atom is -0.481 e. The maximum Gasteiger partial charge on any atom is 0.309 e. The van der Waals surface area contributed by atoms with Gasteiger partial charge in [0.15, 0.2) is 0 Å². The molecule has 0 aliphatic carbocycles. The molecule has 0 spiro atoms. The number of rotatable bonds is 41. The largest absolute Gasteiger partial charge is 0.481 e. The van der Waals surface area contributed by atoms with Gasteiger partial charge in [0.25, 0.3) is 0 Å². The molecule has 0 saturated heterocycles. The molecule has 7 heteroatoms. The highest BCUT2D eigenvalue weighted by Crippen LogP contribution is 2.37. The average molecular weight is 800 g/mol. The Kier molecular flexibility index (Phi) is 38.2. The lowest BCUT2D eigenvalue weighted by Crippen LogP contribution is -2.32. The molecule has 330 valence electrons. The molecule has 0 bridgehead atoms. The number of nitrogens with zero attached hydrogens (tertiary/aromatic N) is 1. The van der Waals surface area contributed by atoms with Crippen molar-refractivity contribution in [1.82, 2.24) is 4.90 Å². The van der Waals surface area contributed by atoms with Crippen LogP contribution in [-0.4, -0.2) is 61.3 Å². The number of unbranched alkanes of at least 4 members (excludes halogenated alkanes) is 18. The molecule has 0 heterocycles. The van der Waals surface area contributed by atoms with Crippen molar-refractivity contribution < 1.29 is 29.0 Å². The summed E-state index contributed by atoms with van der Waals surface area (Å²) in [6, 6.07) is 0. The Morgan fingerprint density at radius 1 is 0.544 bits per heavy atom. The van der Waals surface area contributed by atoms with E-state index >= 15 is 0 Å². The van der Waals surface area contributed by atoms with E-state index in [-0.39, 0.29) is 25.4 Å². The van der Waals surface area contributed by atoms with Crippen LogP contribution in [0, 0.1) is 5.41 Å². The van der Waals surface area contributed by atoms with Crippen molar-refractivity contribution in [3.8, 4) is 0 Å². The second kappa shape index (κ2) is 40.1. The first-order valence-electron chi connectivity index (χ1n) is 23.5. The molecule has 0 aromatic rings. The first kappa shape index (κ1) is 54.3. The topological polar surface area (TPSA) is 93.1 Å². The summed E-state index contributed by atoms with van der Waals surface area (Å²) in [5.74, 6) is -1.52. The monoisotopic (exact) mass is 800 g/mol. The zero-order valence-corrected chi connectivity index (χ0v) is 37.8. The third kappa shape index (κ3) is 36.2. The summed E-state index contributed by atoms with van der Waals surface area (Å²) in [4.78, 5) is 39.9. The molecule has 0 radical (unpaired) electrons. The summed E-state index contributed by atoms with van der Waals surface area (Å²) < 4.78 is 10.9. The quantitative estimate of drug-likeness (QED) is 0.0374. The van der Waals surface area contributed by atoms with Gasteiger partial charge in [0.05, 0.1) is 5.41 Å². The second-order valence-corrected chi connectivity index (χ2v) is 16.6. The van der Waals surface area contributed by atoms with E-state index in [4.69, 9.17) is 9.47 Å². The number of carbonyl (C=O) groups excluding carboxylic acids is 2. The third-order valence-corrected chi connectivity index (χ3v) is 10.8. The minimum atomic E-state index is -0.923. The van der Waals surface area contributed by atoms with Gasteiger partial charge in [0, 0.05) is 12.8 Å². The highest BCUT2D eigenvalue weighted by Gasteiger charge is 2.37. The number of carboxylic acid groups (broad SMARTS) is 1. The summed E-state index contributed by atoms with van der Waals surface area (Å²) in [5.41, 5.74) is -0.923. The number of carboxylic acids is 1. The molecule has 0 aromatic carbocycles. The van der Waals surface area contributed by atoms with Crippen LogP contribution < -0.4 is 0 Å². The third-order valence-electron chi connectivity index (χ3n) is 10.8. The van der Waals surface area contributed by atoms with Crippen LogP contribution in [0.2, 0.25) is 0 Å². The fourth-order valence-electron chi connectivity index (χ4n) is 7.08. The predicted molar refractivity (Wildman–Crippen MR) is 242 cm³/mol. The lowest BCUT2D eigenvalue weighted by Gasteiger charge is -2.29. The highest BCUT2D eigenvalue weighted by molar-refractivity contribution is 5.76. The molecule has 57 heavy (non-hydrogen) atoms. The molecule has 0 saturated carbocycles. The molecular formula is C50H89NO6. The molecule has 0 aliphatic heterocycles. The molecule has 0 fully saturated rings. The maximum absolute atomic E-state index is 12.9. The van der Waals surface area contributed by atoms with Gasteiger partial charge in [-0.3, -0.25) is 14.4 Å². The molecule has 0 aliphatic rings. The van der Waals surface area contributed by atoms with Gasteiger partial charge in [-0.25, -0.2) is 0 Å². The summed E-state index contributed by atoms with van der Waals surface area (Å²) in [6.07, 6.45) is 47.8. The van der Waals surface area contributed by atoms with Gasteiger partial charge < -0.3 is 19.5 Å². The number of aliphatic carboxylic acids is 1. The van der Waals surface area contributed by atoms with Crippen molar-refractivity contribution in [2.24, 2.45) is 5.41 Å². The highest BCUT2D eigenvalue weighted by atomic mass is 16.6. The molecular weight excluding hydrogens is 711 g/mol. The molecule has 7 nitrogen and oxygen atoms in total. The van der Waals surface area contributed by atoms with Crippen LogP contribution in [0.15, 0.2) is 48.6 Å². The van der Waals surface area contributed by atoms with Gasteiger partial charge in [-0.1, -0.05) is 152 Å². The van der Waals surface area contributed by atoms with E-state index in [2.05, 4.69) is 62.5 Å². The van der Waals surface area contributed by atoms with Gasteiger partial charge in [0.2, 0.25) is 0 Å². The molecule has 0 rings (SSSR count). The normalized spacial score (nSPS) is 12.9. The number of hydrogen-bond donors (Lipinski definition) is 1. The van der Waals surface area contributed by atoms with E-state index in [1.165, 1.54) is 89.9 Å². The van der Waals surface area contributed by atoms with Crippen LogP contribution in [0.25, 0.3) is 0 Å². The van der Waals surface area contributed by atoms with Gasteiger partial charge >= 0.3 is 17.9 Å². The molecule has 1 atom stereocenters. The smallest absolute Gasteiger partial charge is 0.309 e. The summed E-state index contributed by atoms with van der Waals surface area (Å²) in [7, 11) is 3.92. The lowest BCUT2D eigenvalue weighted by atomic mass is 9.74. The van der Waals surface area contributed by atoms with Crippen molar-refractivity contribution in [3.63, 3.8) is 0 Å². The number of hydrogen-bond acceptors (Lipinski definition) is 6. The van der Waals surface area contributed by atoms with E-state index in [0.29, 0.717) is 25.7 Å². The van der Waals surface area contributed by atoms with Crippen molar-refractivity contribution in [1.29, 1.82) is 0 Å². The number of ether oxygens (including phenoxy) is 2. The van der Waals surface area contributed by atoms with E-state index in [1.54, 1.807) is 6.92 Å². The van der Waals surface area contributed by atoms with E-state index in [1.807, 2.05) is 19.0 Å². The number of esters is 2. The van der Waals surface area contributed by atoms with Gasteiger partial charge in [-0.2, -0.15) is 0 Å². The zero-order valence-electron chi connectivity index (χ0n) is 37.8. The standard InChI is InChI=1S/C50H89NO6/c1-6-8-10-12-14-16-18-20-22-24-26-28-30-32-34-36-41-50(49(54)55,43-40-47(52)56-45-46(3)57-48(53)39-38-44-51(4)5)42-37-35-33-31-29-27-25-23-21-19-17-15-13-11-9-7-2/h14-17,20-23,46H,6-13,18-19,24-45H2,1-5H3,(H,54,55)/b16-14+,17-15+,22-20+,23-21+. The van der Waals surface area contributed by atoms with E-state index in [0.717, 1.165) is 70.8 Å². The second-order valence-electron chi connectivity index (χ2n) is 16.6. The van der Waals surface area contributed by atoms with Crippen LogP contribution in [0.5, 0.6) is 0 Å². The predicted octanol–water partition coefficient (Wildman–Crippen LogP) is 14.1. The van der Waals surface area contributed by atoms with Crippen LogP contribution in [0.4, 0.5) is 0 Å². The molecule has 0 amide bonds. The molecule has 0 aromatic heterocycles. The van der Waals surface area contributed by atoms with E-state index < -0.39 is 23.5 Å². The Hall–Kier alpha value is -2.67. The zero-order chi connectivity index (χ0) is 42.1. The van der Waals surface area contributed by atoms with Crippen molar-refractivity contribution in [2.75, 3.05) is 27.2 Å². The van der Waals surface area contributed by atoms with Crippen LogP contribution in [-0.2, 0) is 23.9 Å². The number of allylic oxidation sites excluding steroid dienone is 8. The van der Waals surface area contributed by atoms with Crippen molar-refractivity contribution in [3.05, 3.63) is 48.6 Å². The Morgan fingerprint density at radius 3 is 1.39 bits per heavy atom. The Labute approximate surface area is 351 Å². The van der Waals surface area contributed by atoms with Crippen LogP contribution in [0.1, 0.15) is 213 Å². The van der Waals surface area contributed by atoms with Crippen LogP contribution >= 0.6 is 0 Å². The van der Waals surface area contributed by atoms with Gasteiger partial charge in [-0.05, 0) is 117 Å². The fraction of sp³-hybridized carbons (Fsp3) is 0.780. The van der Waals surface area contributed by atoms with Crippen LogP contribution in [0.3, 0.4) is 0 Å². The number of carbonyl (C=O) groups is 3. The van der Waals surface area contributed by atoms with Gasteiger partial charge in [-0.15, -0.1) is 0 Å². The summed E-state index contributed by atoms with van der Waals surface area (Å²) in [6.45, 7) is 6.98. The Balaban J connectivity index is 4.76. The minimum absolute atomic E-state index is 0.0176.